The molecule has 0 aliphatic carbocycles. The van der Waals surface area contributed by atoms with Crippen molar-refractivity contribution in [2.45, 2.75) is 33.6 Å². The number of amides is 1. The van der Waals surface area contributed by atoms with E-state index in [-0.39, 0.29) is 11.8 Å². The van der Waals surface area contributed by atoms with Gasteiger partial charge in [0, 0.05) is 12.1 Å². The number of unbranched alkanes of at least 4 members (excludes halogenated alkanes) is 1. The Balaban J connectivity index is 2.57. The molecule has 0 fully saturated rings. The largest absolute Gasteiger partial charge is 0.399 e. The molecule has 1 amide bonds. The van der Waals surface area contributed by atoms with Crippen LogP contribution in [-0.2, 0) is 4.79 Å². The summed E-state index contributed by atoms with van der Waals surface area (Å²) < 4.78 is 0. The molecule has 16 heavy (non-hydrogen) atoms. The quantitative estimate of drug-likeness (QED) is 0.735. The van der Waals surface area contributed by atoms with Gasteiger partial charge in [-0.15, -0.1) is 0 Å². The maximum Gasteiger partial charge on any atom is 0.225 e. The Hall–Kier alpha value is -1.32. The zero-order chi connectivity index (χ0) is 12.1. The highest BCUT2D eigenvalue weighted by molar-refractivity contribution is 5.79. The minimum absolute atomic E-state index is 0.0202. The van der Waals surface area contributed by atoms with Crippen LogP contribution in [0.15, 0.2) is 16.4 Å². The first-order chi connectivity index (χ1) is 7.56. The minimum atomic E-state index is 0.0202. The third-order valence-corrected chi connectivity index (χ3v) is 2.54. The molecule has 0 saturated carbocycles. The van der Waals surface area contributed by atoms with E-state index in [1.165, 1.54) is 0 Å². The van der Waals surface area contributed by atoms with E-state index in [0.717, 1.165) is 24.2 Å². The molecule has 0 aromatic rings. The van der Waals surface area contributed by atoms with Crippen LogP contribution in [0.1, 0.15) is 33.6 Å². The molecule has 0 saturated heterocycles. The van der Waals surface area contributed by atoms with E-state index in [9.17, 15) is 4.79 Å². The smallest absolute Gasteiger partial charge is 0.225 e. The monoisotopic (exact) mass is 223 g/mol. The molecule has 4 nitrogen and oxygen atoms in total. The van der Waals surface area contributed by atoms with Gasteiger partial charge in [-0.05, 0) is 6.42 Å². The molecule has 0 atom stereocenters. The number of nitrogens with zero attached hydrogens (tertiary/aromatic N) is 2. The van der Waals surface area contributed by atoms with Crippen molar-refractivity contribution in [2.75, 3.05) is 13.1 Å². The van der Waals surface area contributed by atoms with E-state index in [1.54, 1.807) is 4.90 Å². The summed E-state index contributed by atoms with van der Waals surface area (Å²) >= 11 is 0. The van der Waals surface area contributed by atoms with Gasteiger partial charge in [0.25, 0.3) is 0 Å². The van der Waals surface area contributed by atoms with E-state index in [0.29, 0.717) is 13.1 Å². The fourth-order valence-corrected chi connectivity index (χ4v) is 1.58. The van der Waals surface area contributed by atoms with Crippen molar-refractivity contribution in [3.63, 3.8) is 0 Å². The van der Waals surface area contributed by atoms with Gasteiger partial charge in [0.2, 0.25) is 5.91 Å². The summed E-state index contributed by atoms with van der Waals surface area (Å²) in [6, 6.07) is 0. The van der Waals surface area contributed by atoms with Crippen LogP contribution in [0, 0.1) is 5.92 Å². The second-order valence-electron chi connectivity index (χ2n) is 4.42. The SMILES string of the molecule is CCC/C=N\C1=C(N)CN(C(=O)C(C)C)C1. The Bertz CT molecular complexity index is 318. The fourth-order valence-electron chi connectivity index (χ4n) is 1.58. The van der Waals surface area contributed by atoms with Crippen LogP contribution < -0.4 is 5.73 Å². The number of carbonyl (C=O) groups is 1. The molecule has 1 rings (SSSR count). The molecular weight excluding hydrogens is 202 g/mol. The van der Waals surface area contributed by atoms with Gasteiger partial charge < -0.3 is 10.6 Å². The van der Waals surface area contributed by atoms with Gasteiger partial charge in [-0.3, -0.25) is 9.79 Å². The van der Waals surface area contributed by atoms with Gasteiger partial charge >= 0.3 is 0 Å². The van der Waals surface area contributed by atoms with Crippen molar-refractivity contribution in [1.29, 1.82) is 0 Å². The van der Waals surface area contributed by atoms with Gasteiger partial charge in [0.05, 0.1) is 24.5 Å². The Labute approximate surface area is 97.2 Å². The van der Waals surface area contributed by atoms with Crippen molar-refractivity contribution in [3.8, 4) is 0 Å². The number of nitrogens with two attached hydrogens (primary N) is 1. The van der Waals surface area contributed by atoms with Gasteiger partial charge in [-0.1, -0.05) is 27.2 Å². The van der Waals surface area contributed by atoms with Crippen molar-refractivity contribution in [2.24, 2.45) is 16.6 Å². The normalized spacial score (nSPS) is 16.9. The van der Waals surface area contributed by atoms with Crippen molar-refractivity contribution in [1.82, 2.24) is 4.90 Å². The van der Waals surface area contributed by atoms with Gasteiger partial charge in [-0.25, -0.2) is 0 Å². The lowest BCUT2D eigenvalue weighted by molar-refractivity contribution is -0.133. The minimum Gasteiger partial charge on any atom is -0.399 e. The first-order valence-corrected chi connectivity index (χ1v) is 5.85. The zero-order valence-electron chi connectivity index (χ0n) is 10.4. The standard InChI is InChI=1S/C12H21N3O/c1-4-5-6-14-11-8-15(7-10(11)13)12(16)9(2)3/h6,9H,4-5,7-8,13H2,1-3H3/b14-6-. The molecule has 0 aromatic carbocycles. The molecule has 1 aliphatic heterocycles. The highest BCUT2D eigenvalue weighted by Gasteiger charge is 2.25. The van der Waals surface area contributed by atoms with E-state index in [2.05, 4.69) is 11.9 Å². The summed E-state index contributed by atoms with van der Waals surface area (Å²) in [5.74, 6) is 0.162. The third-order valence-electron chi connectivity index (χ3n) is 2.54. The topological polar surface area (TPSA) is 58.7 Å². The average Bonchev–Trinajstić information content (AvgIpc) is 2.59. The molecule has 1 heterocycles. The van der Waals surface area contributed by atoms with E-state index in [1.807, 2.05) is 20.1 Å². The van der Waals surface area contributed by atoms with Crippen LogP contribution >= 0.6 is 0 Å². The summed E-state index contributed by atoms with van der Waals surface area (Å²) in [4.78, 5) is 17.8. The van der Waals surface area contributed by atoms with Crippen molar-refractivity contribution < 1.29 is 4.79 Å². The molecule has 1 aliphatic rings. The molecular formula is C12H21N3O. The van der Waals surface area contributed by atoms with Crippen LogP contribution in [0.4, 0.5) is 0 Å². The maximum absolute atomic E-state index is 11.8. The predicted molar refractivity (Wildman–Crippen MR) is 66.0 cm³/mol. The molecule has 0 unspecified atom stereocenters. The van der Waals surface area contributed by atoms with E-state index >= 15 is 0 Å². The number of hydrogen-bond acceptors (Lipinski definition) is 3. The Kier molecular flexibility index (Phi) is 4.52. The number of aliphatic imine (C=N–C) groups is 1. The van der Waals surface area contributed by atoms with Crippen molar-refractivity contribution >= 4 is 12.1 Å². The molecule has 90 valence electrons. The van der Waals surface area contributed by atoms with Crippen LogP contribution in [0.3, 0.4) is 0 Å². The molecule has 4 heteroatoms. The van der Waals surface area contributed by atoms with Crippen LogP contribution in [0.25, 0.3) is 0 Å². The molecule has 0 aromatic heterocycles. The summed E-state index contributed by atoms with van der Waals surface area (Å²) in [6.07, 6.45) is 3.91. The molecule has 0 spiro atoms. The lowest BCUT2D eigenvalue weighted by Gasteiger charge is -2.17. The number of carbonyl (C=O) groups excluding carboxylic acids is 1. The number of hydrogen-bond donors (Lipinski definition) is 1. The first-order valence-electron chi connectivity index (χ1n) is 5.85. The van der Waals surface area contributed by atoms with Crippen LogP contribution in [0.2, 0.25) is 0 Å². The summed E-state index contributed by atoms with van der Waals surface area (Å²) in [5, 5.41) is 0. The lowest BCUT2D eigenvalue weighted by atomic mass is 10.2. The van der Waals surface area contributed by atoms with Crippen LogP contribution in [0.5, 0.6) is 0 Å². The fraction of sp³-hybridized carbons (Fsp3) is 0.667. The summed E-state index contributed by atoms with van der Waals surface area (Å²) in [6.45, 7) is 6.99. The number of rotatable bonds is 4. The third kappa shape index (κ3) is 3.08. The Morgan fingerprint density at radius 3 is 2.81 bits per heavy atom. The Morgan fingerprint density at radius 2 is 2.25 bits per heavy atom. The first kappa shape index (κ1) is 12.7. The van der Waals surface area contributed by atoms with Crippen molar-refractivity contribution in [3.05, 3.63) is 11.4 Å². The predicted octanol–water partition coefficient (Wildman–Crippen LogP) is 1.53. The zero-order valence-corrected chi connectivity index (χ0v) is 10.4. The highest BCUT2D eigenvalue weighted by Crippen LogP contribution is 2.16. The maximum atomic E-state index is 11.8. The lowest BCUT2D eigenvalue weighted by Crippen LogP contribution is -2.33. The average molecular weight is 223 g/mol. The van der Waals surface area contributed by atoms with E-state index in [4.69, 9.17) is 5.73 Å². The molecule has 2 N–H and O–H groups in total. The summed E-state index contributed by atoms with van der Waals surface area (Å²) in [7, 11) is 0. The second kappa shape index (κ2) is 5.68. The Morgan fingerprint density at radius 1 is 1.56 bits per heavy atom. The highest BCUT2D eigenvalue weighted by atomic mass is 16.2. The van der Waals surface area contributed by atoms with Crippen LogP contribution in [-0.4, -0.2) is 30.1 Å². The van der Waals surface area contributed by atoms with E-state index < -0.39 is 0 Å². The molecule has 0 radical (unpaired) electrons. The van der Waals surface area contributed by atoms with Gasteiger partial charge in [0.1, 0.15) is 0 Å². The molecule has 0 bridgehead atoms. The summed E-state index contributed by atoms with van der Waals surface area (Å²) in [5.41, 5.74) is 7.43. The van der Waals surface area contributed by atoms with Gasteiger partial charge in [0.15, 0.2) is 0 Å². The van der Waals surface area contributed by atoms with Gasteiger partial charge in [-0.2, -0.15) is 0 Å². The second-order valence-corrected chi connectivity index (χ2v) is 4.42.